The maximum Gasteiger partial charge on any atom is 0.243 e. The number of aromatic nitrogens is 2. The summed E-state index contributed by atoms with van der Waals surface area (Å²) in [7, 11) is -3.58. The first kappa shape index (κ1) is 16.7. The SMILES string of the molecule is CC(CCCO)NS(=O)(=O)c1cnn(Cc2ccccc2)c1. The third-order valence-corrected chi connectivity index (χ3v) is 4.80. The summed E-state index contributed by atoms with van der Waals surface area (Å²) in [5, 5.41) is 12.9. The number of nitrogens with one attached hydrogen (secondary N) is 1. The largest absolute Gasteiger partial charge is 0.396 e. The van der Waals surface area contributed by atoms with Crippen LogP contribution < -0.4 is 4.72 Å². The second-order valence-electron chi connectivity index (χ2n) is 5.25. The number of hydrogen-bond acceptors (Lipinski definition) is 4. The zero-order valence-corrected chi connectivity index (χ0v) is 13.3. The molecule has 1 heterocycles. The fourth-order valence-electron chi connectivity index (χ4n) is 2.13. The van der Waals surface area contributed by atoms with Crippen LogP contribution in [-0.4, -0.2) is 36.0 Å². The molecule has 0 aliphatic rings. The van der Waals surface area contributed by atoms with Gasteiger partial charge in [-0.25, -0.2) is 13.1 Å². The summed E-state index contributed by atoms with van der Waals surface area (Å²) in [6, 6.07) is 9.49. The first-order valence-corrected chi connectivity index (χ1v) is 8.69. The maximum atomic E-state index is 12.2. The van der Waals surface area contributed by atoms with Crippen LogP contribution in [0.1, 0.15) is 25.3 Å². The summed E-state index contributed by atoms with van der Waals surface area (Å²) < 4.78 is 28.7. The van der Waals surface area contributed by atoms with Crippen molar-refractivity contribution < 1.29 is 13.5 Å². The Morgan fingerprint density at radius 3 is 2.73 bits per heavy atom. The highest BCUT2D eigenvalue weighted by Crippen LogP contribution is 2.11. The normalized spacial score (nSPS) is 13.2. The Labute approximate surface area is 130 Å². The van der Waals surface area contributed by atoms with E-state index in [2.05, 4.69) is 9.82 Å². The molecule has 0 aliphatic heterocycles. The summed E-state index contributed by atoms with van der Waals surface area (Å²) >= 11 is 0. The molecule has 2 rings (SSSR count). The van der Waals surface area contributed by atoms with Crippen LogP contribution >= 0.6 is 0 Å². The van der Waals surface area contributed by atoms with E-state index in [9.17, 15) is 8.42 Å². The molecule has 1 atom stereocenters. The van der Waals surface area contributed by atoms with E-state index in [-0.39, 0.29) is 17.5 Å². The second-order valence-corrected chi connectivity index (χ2v) is 6.96. The standard InChI is InChI=1S/C15H21N3O3S/c1-13(6-5-9-19)17-22(20,21)15-10-16-18(12-15)11-14-7-3-2-4-8-14/h2-4,7-8,10,12-13,17,19H,5-6,9,11H2,1H3. The van der Waals surface area contributed by atoms with Crippen molar-refractivity contribution in [3.8, 4) is 0 Å². The van der Waals surface area contributed by atoms with Crippen molar-refractivity contribution in [2.24, 2.45) is 0 Å². The van der Waals surface area contributed by atoms with Gasteiger partial charge in [0.05, 0.1) is 12.7 Å². The lowest BCUT2D eigenvalue weighted by molar-refractivity contribution is 0.279. The van der Waals surface area contributed by atoms with Gasteiger partial charge in [0.1, 0.15) is 4.90 Å². The van der Waals surface area contributed by atoms with Gasteiger partial charge in [0.2, 0.25) is 10.0 Å². The number of rotatable bonds is 8. The molecule has 2 aromatic rings. The molecule has 120 valence electrons. The van der Waals surface area contributed by atoms with Crippen LogP contribution in [0.5, 0.6) is 0 Å². The lowest BCUT2D eigenvalue weighted by Gasteiger charge is -2.12. The number of aliphatic hydroxyl groups excluding tert-OH is 1. The van der Waals surface area contributed by atoms with Crippen molar-refractivity contribution in [2.75, 3.05) is 6.61 Å². The van der Waals surface area contributed by atoms with Crippen molar-refractivity contribution in [3.63, 3.8) is 0 Å². The van der Waals surface area contributed by atoms with E-state index in [1.54, 1.807) is 11.6 Å². The molecule has 0 radical (unpaired) electrons. The fourth-order valence-corrected chi connectivity index (χ4v) is 3.36. The third-order valence-electron chi connectivity index (χ3n) is 3.26. The average molecular weight is 323 g/mol. The summed E-state index contributed by atoms with van der Waals surface area (Å²) in [6.07, 6.45) is 4.03. The van der Waals surface area contributed by atoms with Crippen LogP contribution in [0.2, 0.25) is 0 Å². The van der Waals surface area contributed by atoms with Gasteiger partial charge < -0.3 is 5.11 Å². The zero-order valence-electron chi connectivity index (χ0n) is 12.5. The lowest BCUT2D eigenvalue weighted by atomic mass is 10.2. The molecular formula is C15H21N3O3S. The molecule has 1 aromatic heterocycles. The van der Waals surface area contributed by atoms with Crippen LogP contribution in [0.3, 0.4) is 0 Å². The molecule has 0 aliphatic carbocycles. The summed E-state index contributed by atoms with van der Waals surface area (Å²) in [6.45, 7) is 2.36. The highest BCUT2D eigenvalue weighted by atomic mass is 32.2. The van der Waals surface area contributed by atoms with E-state index in [0.29, 0.717) is 19.4 Å². The molecule has 0 bridgehead atoms. The monoisotopic (exact) mass is 323 g/mol. The number of benzene rings is 1. The van der Waals surface area contributed by atoms with Crippen LogP contribution in [0.25, 0.3) is 0 Å². The topological polar surface area (TPSA) is 84.2 Å². The molecule has 0 fully saturated rings. The molecule has 1 unspecified atom stereocenters. The Morgan fingerprint density at radius 2 is 2.05 bits per heavy atom. The second kappa shape index (κ2) is 7.53. The summed E-state index contributed by atoms with van der Waals surface area (Å²) in [5.74, 6) is 0. The molecule has 0 amide bonds. The minimum Gasteiger partial charge on any atom is -0.396 e. The van der Waals surface area contributed by atoms with Gasteiger partial charge in [-0.15, -0.1) is 0 Å². The first-order valence-electron chi connectivity index (χ1n) is 7.21. The van der Waals surface area contributed by atoms with Gasteiger partial charge >= 0.3 is 0 Å². The zero-order chi connectivity index (χ0) is 16.0. The summed E-state index contributed by atoms with van der Waals surface area (Å²) in [4.78, 5) is 0.152. The number of sulfonamides is 1. The molecule has 0 spiro atoms. The molecule has 7 heteroatoms. The van der Waals surface area contributed by atoms with E-state index in [4.69, 9.17) is 5.11 Å². The smallest absolute Gasteiger partial charge is 0.243 e. The number of nitrogens with zero attached hydrogens (tertiary/aromatic N) is 2. The molecule has 2 N–H and O–H groups in total. The molecule has 6 nitrogen and oxygen atoms in total. The van der Waals surface area contributed by atoms with Crippen molar-refractivity contribution in [2.45, 2.75) is 37.2 Å². The highest BCUT2D eigenvalue weighted by molar-refractivity contribution is 7.89. The van der Waals surface area contributed by atoms with Gasteiger partial charge in [-0.3, -0.25) is 4.68 Å². The Kier molecular flexibility index (Phi) is 5.70. The molecular weight excluding hydrogens is 302 g/mol. The van der Waals surface area contributed by atoms with Crippen molar-refractivity contribution in [1.29, 1.82) is 0 Å². The van der Waals surface area contributed by atoms with Crippen LogP contribution in [0.4, 0.5) is 0 Å². The Hall–Kier alpha value is -1.70. The van der Waals surface area contributed by atoms with Gasteiger partial charge in [0, 0.05) is 18.8 Å². The van der Waals surface area contributed by atoms with Crippen molar-refractivity contribution >= 4 is 10.0 Å². The number of hydrogen-bond donors (Lipinski definition) is 2. The van der Waals surface area contributed by atoms with E-state index in [0.717, 1.165) is 5.56 Å². The van der Waals surface area contributed by atoms with E-state index < -0.39 is 10.0 Å². The van der Waals surface area contributed by atoms with Crippen molar-refractivity contribution in [1.82, 2.24) is 14.5 Å². The first-order chi connectivity index (χ1) is 10.5. The molecule has 0 saturated heterocycles. The highest BCUT2D eigenvalue weighted by Gasteiger charge is 2.19. The van der Waals surface area contributed by atoms with Crippen LogP contribution in [0, 0.1) is 0 Å². The predicted molar refractivity (Wildman–Crippen MR) is 83.9 cm³/mol. The molecule has 0 saturated carbocycles. The minimum absolute atomic E-state index is 0.0566. The quantitative estimate of drug-likeness (QED) is 0.768. The Morgan fingerprint density at radius 1 is 1.32 bits per heavy atom. The fraction of sp³-hybridized carbons (Fsp3) is 0.400. The van der Waals surface area contributed by atoms with Crippen molar-refractivity contribution in [3.05, 3.63) is 48.3 Å². The van der Waals surface area contributed by atoms with Gasteiger partial charge in [0.25, 0.3) is 0 Å². The Bertz CT molecular complexity index is 683. The predicted octanol–water partition coefficient (Wildman–Crippen LogP) is 1.37. The third kappa shape index (κ3) is 4.66. The molecule has 22 heavy (non-hydrogen) atoms. The number of aliphatic hydroxyl groups is 1. The minimum atomic E-state index is -3.58. The van der Waals surface area contributed by atoms with Gasteiger partial charge in [0.15, 0.2) is 0 Å². The van der Waals surface area contributed by atoms with Gasteiger partial charge in [-0.05, 0) is 25.3 Å². The van der Waals surface area contributed by atoms with E-state index in [1.807, 2.05) is 30.3 Å². The summed E-state index contributed by atoms with van der Waals surface area (Å²) in [5.41, 5.74) is 1.05. The lowest BCUT2D eigenvalue weighted by Crippen LogP contribution is -2.32. The maximum absolute atomic E-state index is 12.2. The van der Waals surface area contributed by atoms with E-state index >= 15 is 0 Å². The van der Waals surface area contributed by atoms with Crippen LogP contribution in [0.15, 0.2) is 47.6 Å². The average Bonchev–Trinajstić information content (AvgIpc) is 2.95. The van der Waals surface area contributed by atoms with E-state index in [1.165, 1.54) is 12.4 Å². The van der Waals surface area contributed by atoms with Gasteiger partial charge in [-0.2, -0.15) is 5.10 Å². The Balaban J connectivity index is 2.03. The van der Waals surface area contributed by atoms with Crippen LogP contribution in [-0.2, 0) is 16.6 Å². The van der Waals surface area contributed by atoms with Gasteiger partial charge in [-0.1, -0.05) is 30.3 Å². The molecule has 1 aromatic carbocycles.